The van der Waals surface area contributed by atoms with E-state index < -0.39 is 43.5 Å². The molecule has 1 aliphatic heterocycles. The highest BCUT2D eigenvalue weighted by atomic mass is 32.2. The molecule has 1 aromatic carbocycles. The topological polar surface area (TPSA) is 162 Å². The van der Waals surface area contributed by atoms with Gasteiger partial charge < -0.3 is 19.9 Å². The standard InChI is InChI=1S/C28H34FN7O5S/c1-27(2,3)41-26(38)35-14-10-28(9-12-30,11-15-35)36-21-8-13-31-25(37)23(21)24(34-36)33-19-6-7-22(20(29)16-19)42(39,40)32-17-18-4-5-18/h6-8,13,16,18,32H,4-5,9-11,14-15,17H2,1-3H3,(H,31,37)(H,33,34). The monoisotopic (exact) mass is 599 g/mol. The van der Waals surface area contributed by atoms with Crippen molar-refractivity contribution in [1.82, 2.24) is 24.4 Å². The van der Waals surface area contributed by atoms with Gasteiger partial charge in [0.05, 0.1) is 23.5 Å². The Morgan fingerprint density at radius 1 is 1.26 bits per heavy atom. The number of ether oxygens (including phenoxy) is 1. The number of amides is 1. The van der Waals surface area contributed by atoms with E-state index in [0.717, 1.165) is 18.9 Å². The number of pyridine rings is 1. The number of hydrogen-bond donors (Lipinski definition) is 3. The molecule has 0 bridgehead atoms. The van der Waals surface area contributed by atoms with Crippen LogP contribution in [-0.4, -0.2) is 59.4 Å². The van der Waals surface area contributed by atoms with Crippen LogP contribution in [0.15, 0.2) is 40.2 Å². The fraction of sp³-hybridized carbons (Fsp3) is 0.500. The average molecular weight is 600 g/mol. The quantitative estimate of drug-likeness (QED) is 0.351. The Labute approximate surface area is 242 Å². The molecule has 42 heavy (non-hydrogen) atoms. The van der Waals surface area contributed by atoms with E-state index in [0.29, 0.717) is 37.4 Å². The Morgan fingerprint density at radius 3 is 2.60 bits per heavy atom. The SMILES string of the molecule is CC(C)(C)OC(=O)N1CCC(CC#N)(n2nc(Nc3ccc(S(=O)(=O)NCC4CC4)c(F)c3)c3c(=O)[nH]ccc32)CC1. The molecule has 5 rings (SSSR count). The highest BCUT2D eigenvalue weighted by Crippen LogP contribution is 2.38. The maximum absolute atomic E-state index is 15.0. The van der Waals surface area contributed by atoms with Crippen LogP contribution in [0.4, 0.5) is 20.7 Å². The van der Waals surface area contributed by atoms with Gasteiger partial charge in [0, 0.05) is 31.5 Å². The lowest BCUT2D eigenvalue weighted by Gasteiger charge is -2.41. The molecule has 2 fully saturated rings. The number of sulfonamides is 1. The largest absolute Gasteiger partial charge is 0.444 e. The Kier molecular flexibility index (Phi) is 7.76. The Hall–Kier alpha value is -3.96. The minimum Gasteiger partial charge on any atom is -0.444 e. The van der Waals surface area contributed by atoms with Crippen molar-refractivity contribution in [2.24, 2.45) is 5.92 Å². The molecule has 1 amide bonds. The maximum Gasteiger partial charge on any atom is 0.410 e. The van der Waals surface area contributed by atoms with Crippen LogP contribution in [0.5, 0.6) is 0 Å². The van der Waals surface area contributed by atoms with Crippen molar-refractivity contribution in [1.29, 1.82) is 5.26 Å². The number of hydrogen-bond acceptors (Lipinski definition) is 8. The predicted octanol–water partition coefficient (Wildman–Crippen LogP) is 3.94. The summed E-state index contributed by atoms with van der Waals surface area (Å²) < 4.78 is 49.8. The fourth-order valence-electron chi connectivity index (χ4n) is 5.13. The molecule has 1 saturated heterocycles. The number of likely N-dealkylation sites (tertiary alicyclic amines) is 1. The van der Waals surface area contributed by atoms with Gasteiger partial charge in [-0.1, -0.05) is 0 Å². The van der Waals surface area contributed by atoms with Crippen LogP contribution in [0.3, 0.4) is 0 Å². The van der Waals surface area contributed by atoms with Crippen molar-refractivity contribution in [2.75, 3.05) is 25.0 Å². The zero-order valence-corrected chi connectivity index (χ0v) is 24.6. The number of aromatic amines is 1. The van der Waals surface area contributed by atoms with Gasteiger partial charge in [-0.25, -0.2) is 22.3 Å². The number of carbonyl (C=O) groups excluding carboxylic acids is 1. The fourth-order valence-corrected chi connectivity index (χ4v) is 6.30. The average Bonchev–Trinajstić information content (AvgIpc) is 3.67. The number of fused-ring (bicyclic) bond motifs is 1. The molecule has 1 saturated carbocycles. The Bertz CT molecular complexity index is 1710. The number of nitrogens with one attached hydrogen (secondary N) is 3. The number of nitrogens with zero attached hydrogens (tertiary/aromatic N) is 4. The van der Waals surface area contributed by atoms with Gasteiger partial charge in [0.2, 0.25) is 10.0 Å². The first kappa shape index (κ1) is 29.5. The summed E-state index contributed by atoms with van der Waals surface area (Å²) in [7, 11) is -4.02. The van der Waals surface area contributed by atoms with E-state index in [4.69, 9.17) is 9.84 Å². The van der Waals surface area contributed by atoms with Gasteiger partial charge in [0.25, 0.3) is 5.56 Å². The molecule has 2 aromatic heterocycles. The first-order valence-electron chi connectivity index (χ1n) is 13.8. The third-order valence-electron chi connectivity index (χ3n) is 7.55. The first-order chi connectivity index (χ1) is 19.8. The molecule has 224 valence electrons. The second-order valence-corrected chi connectivity index (χ2v) is 13.7. The molecule has 3 N–H and O–H groups in total. The van der Waals surface area contributed by atoms with Crippen LogP contribution in [-0.2, 0) is 20.3 Å². The third kappa shape index (κ3) is 6.12. The summed E-state index contributed by atoms with van der Waals surface area (Å²) in [6.45, 7) is 6.29. The third-order valence-corrected chi connectivity index (χ3v) is 9.01. The van der Waals surface area contributed by atoms with Crippen molar-refractivity contribution in [3.8, 4) is 6.07 Å². The van der Waals surface area contributed by atoms with Crippen LogP contribution in [0, 0.1) is 23.1 Å². The molecule has 1 aliphatic carbocycles. The number of H-pyrrole nitrogens is 1. The molecule has 14 heteroatoms. The summed E-state index contributed by atoms with van der Waals surface area (Å²) in [5, 5.41) is 17.6. The van der Waals surface area contributed by atoms with E-state index >= 15 is 4.39 Å². The molecule has 0 unspecified atom stereocenters. The van der Waals surface area contributed by atoms with Gasteiger partial charge in [-0.3, -0.25) is 9.48 Å². The lowest BCUT2D eigenvalue weighted by Crippen LogP contribution is -2.49. The summed E-state index contributed by atoms with van der Waals surface area (Å²) in [5.41, 5.74) is -1.25. The molecule has 0 spiro atoms. The van der Waals surface area contributed by atoms with Crippen molar-refractivity contribution in [2.45, 2.75) is 68.9 Å². The van der Waals surface area contributed by atoms with Crippen molar-refractivity contribution in [3.63, 3.8) is 0 Å². The second kappa shape index (κ2) is 11.0. The zero-order chi connectivity index (χ0) is 30.3. The molecular weight excluding hydrogens is 565 g/mol. The normalized spacial score (nSPS) is 17.2. The number of rotatable bonds is 8. The predicted molar refractivity (Wildman–Crippen MR) is 153 cm³/mol. The number of aromatic nitrogens is 3. The number of anilines is 2. The minimum atomic E-state index is -4.02. The zero-order valence-electron chi connectivity index (χ0n) is 23.7. The summed E-state index contributed by atoms with van der Waals surface area (Å²) >= 11 is 0. The summed E-state index contributed by atoms with van der Waals surface area (Å²) in [6, 6.07) is 7.52. The van der Waals surface area contributed by atoms with E-state index in [9.17, 15) is 23.3 Å². The number of nitriles is 1. The summed E-state index contributed by atoms with van der Waals surface area (Å²) in [6.07, 6.45) is 3.79. The van der Waals surface area contributed by atoms with Crippen molar-refractivity contribution < 1.29 is 22.3 Å². The lowest BCUT2D eigenvalue weighted by atomic mass is 9.85. The van der Waals surface area contributed by atoms with Crippen molar-refractivity contribution >= 4 is 38.5 Å². The van der Waals surface area contributed by atoms with E-state index in [1.165, 1.54) is 18.3 Å². The van der Waals surface area contributed by atoms with Crippen LogP contribution in [0.25, 0.3) is 10.9 Å². The number of halogens is 1. The van der Waals surface area contributed by atoms with Gasteiger partial charge >= 0.3 is 6.09 Å². The van der Waals surface area contributed by atoms with Crippen LogP contribution in [0.1, 0.15) is 52.9 Å². The first-order valence-corrected chi connectivity index (χ1v) is 15.3. The van der Waals surface area contributed by atoms with Crippen LogP contribution in [0.2, 0.25) is 0 Å². The molecule has 2 aliphatic rings. The number of piperidine rings is 1. The number of carbonyl (C=O) groups is 1. The van der Waals surface area contributed by atoms with Gasteiger partial charge in [0.1, 0.15) is 21.7 Å². The second-order valence-electron chi connectivity index (χ2n) is 11.9. The molecule has 12 nitrogen and oxygen atoms in total. The lowest BCUT2D eigenvalue weighted by molar-refractivity contribution is 0.0110. The Morgan fingerprint density at radius 2 is 1.98 bits per heavy atom. The van der Waals surface area contributed by atoms with E-state index in [1.807, 2.05) is 0 Å². The van der Waals surface area contributed by atoms with Gasteiger partial charge in [0.15, 0.2) is 5.82 Å². The molecule has 0 atom stereocenters. The van der Waals surface area contributed by atoms with E-state index in [1.54, 1.807) is 36.4 Å². The molecule has 3 heterocycles. The summed E-state index contributed by atoms with van der Waals surface area (Å²) in [5.74, 6) is -0.531. The van der Waals surface area contributed by atoms with E-state index in [-0.39, 0.29) is 29.9 Å². The smallest absolute Gasteiger partial charge is 0.410 e. The highest BCUT2D eigenvalue weighted by Gasteiger charge is 2.41. The molecule has 0 radical (unpaired) electrons. The summed E-state index contributed by atoms with van der Waals surface area (Å²) in [4.78, 5) is 29.4. The van der Waals surface area contributed by atoms with Crippen LogP contribution >= 0.6 is 0 Å². The van der Waals surface area contributed by atoms with Gasteiger partial charge in [-0.05, 0) is 76.6 Å². The maximum atomic E-state index is 15.0. The molecular formula is C28H34FN7O5S. The Balaban J connectivity index is 1.44. The molecule has 3 aromatic rings. The van der Waals surface area contributed by atoms with Gasteiger partial charge in [-0.15, -0.1) is 0 Å². The minimum absolute atomic E-state index is 0.0766. The van der Waals surface area contributed by atoms with Crippen molar-refractivity contribution in [3.05, 3.63) is 46.6 Å². The highest BCUT2D eigenvalue weighted by molar-refractivity contribution is 7.89. The van der Waals surface area contributed by atoms with Gasteiger partial charge in [-0.2, -0.15) is 10.4 Å². The van der Waals surface area contributed by atoms with Crippen LogP contribution < -0.4 is 15.6 Å². The van der Waals surface area contributed by atoms with E-state index in [2.05, 4.69) is 21.1 Å². The number of benzene rings is 1.